The molecule has 1 N–H and O–H groups in total. The average molecular weight is 301 g/mol. The molecule has 1 heterocycles. The van der Waals surface area contributed by atoms with Crippen molar-refractivity contribution in [1.29, 1.82) is 0 Å². The van der Waals surface area contributed by atoms with E-state index < -0.39 is 0 Å². The van der Waals surface area contributed by atoms with Crippen LogP contribution in [0, 0.1) is 5.82 Å². The largest absolute Gasteiger partial charge is 0.314 e. The van der Waals surface area contributed by atoms with Crippen LogP contribution >= 0.6 is 15.9 Å². The van der Waals surface area contributed by atoms with Crippen LogP contribution in [-0.2, 0) is 6.54 Å². The van der Waals surface area contributed by atoms with Crippen molar-refractivity contribution < 1.29 is 4.39 Å². The summed E-state index contributed by atoms with van der Waals surface area (Å²) in [6, 6.07) is 5.83. The fourth-order valence-electron chi connectivity index (χ4n) is 2.28. The van der Waals surface area contributed by atoms with Crippen LogP contribution in [0.15, 0.2) is 22.7 Å². The first-order valence-electron chi connectivity index (χ1n) is 6.09. The van der Waals surface area contributed by atoms with Gasteiger partial charge in [-0.05, 0) is 18.6 Å². The van der Waals surface area contributed by atoms with Crippen LogP contribution < -0.4 is 5.32 Å². The number of rotatable bonds is 3. The highest BCUT2D eigenvalue weighted by Gasteiger charge is 2.21. The third-order valence-electron chi connectivity index (χ3n) is 3.33. The minimum atomic E-state index is -0.118. The van der Waals surface area contributed by atoms with Gasteiger partial charge in [-0.2, -0.15) is 0 Å². The topological polar surface area (TPSA) is 15.3 Å². The van der Waals surface area contributed by atoms with Crippen molar-refractivity contribution in [3.63, 3.8) is 0 Å². The third kappa shape index (κ3) is 3.27. The molecule has 0 amide bonds. The van der Waals surface area contributed by atoms with Crippen LogP contribution in [0.2, 0.25) is 0 Å². The Hall–Kier alpha value is -0.450. The van der Waals surface area contributed by atoms with E-state index >= 15 is 0 Å². The van der Waals surface area contributed by atoms with Gasteiger partial charge in [-0.3, -0.25) is 4.90 Å². The molecule has 1 aromatic carbocycles. The highest BCUT2D eigenvalue weighted by Crippen LogP contribution is 2.19. The van der Waals surface area contributed by atoms with Crippen LogP contribution in [0.5, 0.6) is 0 Å². The van der Waals surface area contributed by atoms with E-state index in [2.05, 4.69) is 33.1 Å². The van der Waals surface area contributed by atoms with Gasteiger partial charge in [0.15, 0.2) is 0 Å². The highest BCUT2D eigenvalue weighted by molar-refractivity contribution is 9.10. The Bertz CT molecular complexity index is 384. The Morgan fingerprint density at radius 2 is 2.35 bits per heavy atom. The molecule has 0 spiro atoms. The summed E-state index contributed by atoms with van der Waals surface area (Å²) >= 11 is 3.28. The predicted octanol–water partition coefficient (Wildman–Crippen LogP) is 2.77. The van der Waals surface area contributed by atoms with Gasteiger partial charge in [0.1, 0.15) is 5.82 Å². The normalized spacial score (nSPS) is 21.7. The van der Waals surface area contributed by atoms with Gasteiger partial charge in [-0.1, -0.05) is 28.9 Å². The van der Waals surface area contributed by atoms with Crippen molar-refractivity contribution >= 4 is 15.9 Å². The summed E-state index contributed by atoms with van der Waals surface area (Å²) in [5.41, 5.74) is 0.786. The SMILES string of the molecule is CCC1CNCCN1Cc1ccc(Br)cc1F. The molecule has 1 atom stereocenters. The molecule has 1 unspecified atom stereocenters. The van der Waals surface area contributed by atoms with Gasteiger partial charge in [-0.25, -0.2) is 4.39 Å². The highest BCUT2D eigenvalue weighted by atomic mass is 79.9. The van der Waals surface area contributed by atoms with E-state index in [-0.39, 0.29) is 5.82 Å². The molecule has 17 heavy (non-hydrogen) atoms. The number of hydrogen-bond acceptors (Lipinski definition) is 2. The molecule has 1 aliphatic heterocycles. The third-order valence-corrected chi connectivity index (χ3v) is 3.83. The molecular formula is C13H18BrFN2. The zero-order valence-corrected chi connectivity index (χ0v) is 11.6. The number of halogens is 2. The van der Waals surface area contributed by atoms with Gasteiger partial charge < -0.3 is 5.32 Å². The van der Waals surface area contributed by atoms with Gasteiger partial charge in [0.25, 0.3) is 0 Å². The lowest BCUT2D eigenvalue weighted by molar-refractivity contribution is 0.147. The first-order chi connectivity index (χ1) is 8.20. The molecule has 0 bridgehead atoms. The van der Waals surface area contributed by atoms with Gasteiger partial charge >= 0.3 is 0 Å². The number of hydrogen-bond donors (Lipinski definition) is 1. The zero-order valence-electron chi connectivity index (χ0n) is 10.0. The maximum Gasteiger partial charge on any atom is 0.128 e. The fourth-order valence-corrected chi connectivity index (χ4v) is 2.62. The fraction of sp³-hybridized carbons (Fsp3) is 0.538. The van der Waals surface area contributed by atoms with Gasteiger partial charge in [0, 0.05) is 42.3 Å². The summed E-state index contributed by atoms with van der Waals surface area (Å²) < 4.78 is 14.6. The number of nitrogens with one attached hydrogen (secondary N) is 1. The molecule has 1 fully saturated rings. The van der Waals surface area contributed by atoms with E-state index in [9.17, 15) is 4.39 Å². The number of piperazine rings is 1. The molecule has 2 nitrogen and oxygen atoms in total. The molecule has 1 aromatic rings. The Morgan fingerprint density at radius 1 is 1.53 bits per heavy atom. The number of benzene rings is 1. The summed E-state index contributed by atoms with van der Waals surface area (Å²) in [7, 11) is 0. The minimum Gasteiger partial charge on any atom is -0.314 e. The van der Waals surface area contributed by atoms with Crippen molar-refractivity contribution in [3.8, 4) is 0 Å². The van der Waals surface area contributed by atoms with Gasteiger partial charge in [0.2, 0.25) is 0 Å². The minimum absolute atomic E-state index is 0.118. The summed E-state index contributed by atoms with van der Waals surface area (Å²) in [4.78, 5) is 2.36. The Labute approximate surface area is 110 Å². The lowest BCUT2D eigenvalue weighted by Crippen LogP contribution is -2.50. The first kappa shape index (κ1) is 13.0. The second-order valence-corrected chi connectivity index (χ2v) is 5.39. The van der Waals surface area contributed by atoms with E-state index in [1.165, 1.54) is 0 Å². The van der Waals surface area contributed by atoms with Crippen molar-refractivity contribution in [2.24, 2.45) is 0 Å². The molecule has 0 saturated carbocycles. The summed E-state index contributed by atoms with van der Waals surface area (Å²) in [5, 5.41) is 3.38. The average Bonchev–Trinajstić information content (AvgIpc) is 2.33. The quantitative estimate of drug-likeness (QED) is 0.923. The van der Waals surface area contributed by atoms with Crippen molar-refractivity contribution in [1.82, 2.24) is 10.2 Å². The Balaban J connectivity index is 2.08. The molecule has 0 aromatic heterocycles. The Kier molecular flexibility index (Phi) is 4.54. The maximum absolute atomic E-state index is 13.8. The van der Waals surface area contributed by atoms with Gasteiger partial charge in [-0.15, -0.1) is 0 Å². The van der Waals surface area contributed by atoms with E-state index in [0.29, 0.717) is 12.6 Å². The standard InChI is InChI=1S/C13H18BrFN2/c1-2-12-8-16-5-6-17(12)9-10-3-4-11(14)7-13(10)15/h3-4,7,12,16H,2,5-6,8-9H2,1H3. The summed E-state index contributed by atoms with van der Waals surface area (Å²) in [6.45, 7) is 5.89. The first-order valence-corrected chi connectivity index (χ1v) is 6.88. The lowest BCUT2D eigenvalue weighted by atomic mass is 10.1. The molecule has 1 aliphatic rings. The monoisotopic (exact) mass is 300 g/mol. The Morgan fingerprint density at radius 3 is 3.06 bits per heavy atom. The molecular weight excluding hydrogens is 283 g/mol. The molecule has 1 saturated heterocycles. The maximum atomic E-state index is 13.8. The molecule has 0 aliphatic carbocycles. The predicted molar refractivity (Wildman–Crippen MR) is 71.5 cm³/mol. The molecule has 2 rings (SSSR count). The van der Waals surface area contributed by atoms with Crippen molar-refractivity contribution in [3.05, 3.63) is 34.1 Å². The van der Waals surface area contributed by atoms with Crippen molar-refractivity contribution in [2.75, 3.05) is 19.6 Å². The molecule has 0 radical (unpaired) electrons. The lowest BCUT2D eigenvalue weighted by Gasteiger charge is -2.35. The number of nitrogens with zero attached hydrogens (tertiary/aromatic N) is 1. The molecule has 94 valence electrons. The van der Waals surface area contributed by atoms with E-state index in [1.807, 2.05) is 12.1 Å². The van der Waals surface area contributed by atoms with Crippen LogP contribution in [0.1, 0.15) is 18.9 Å². The second kappa shape index (κ2) is 5.94. The smallest absolute Gasteiger partial charge is 0.128 e. The zero-order chi connectivity index (χ0) is 12.3. The van der Waals surface area contributed by atoms with Gasteiger partial charge in [0.05, 0.1) is 0 Å². The van der Waals surface area contributed by atoms with Crippen LogP contribution in [-0.4, -0.2) is 30.6 Å². The van der Waals surface area contributed by atoms with Crippen LogP contribution in [0.25, 0.3) is 0 Å². The summed E-state index contributed by atoms with van der Waals surface area (Å²) in [5.74, 6) is -0.118. The van der Waals surface area contributed by atoms with E-state index in [1.54, 1.807) is 6.07 Å². The van der Waals surface area contributed by atoms with E-state index in [0.717, 1.165) is 36.1 Å². The molecule has 4 heteroatoms. The summed E-state index contributed by atoms with van der Waals surface area (Å²) in [6.07, 6.45) is 1.10. The second-order valence-electron chi connectivity index (χ2n) is 4.47. The van der Waals surface area contributed by atoms with Crippen LogP contribution in [0.4, 0.5) is 4.39 Å². The van der Waals surface area contributed by atoms with E-state index in [4.69, 9.17) is 0 Å². The van der Waals surface area contributed by atoms with Crippen molar-refractivity contribution in [2.45, 2.75) is 25.9 Å². The van der Waals surface area contributed by atoms with Crippen LogP contribution in [0.3, 0.4) is 0 Å².